The molecule has 3 N–H and O–H groups in total. The third kappa shape index (κ3) is 3.94. The molecular weight excluding hydrogens is 328 g/mol. The van der Waals surface area contributed by atoms with Crippen molar-refractivity contribution in [2.24, 2.45) is 11.7 Å². The van der Waals surface area contributed by atoms with Gasteiger partial charge in [0.2, 0.25) is 5.91 Å². The van der Waals surface area contributed by atoms with Gasteiger partial charge < -0.3 is 11.1 Å². The Morgan fingerprint density at radius 3 is 2.79 bits per heavy atom. The van der Waals surface area contributed by atoms with Crippen LogP contribution < -0.4 is 11.1 Å². The summed E-state index contributed by atoms with van der Waals surface area (Å²) in [4.78, 5) is 12.3. The van der Waals surface area contributed by atoms with Crippen LogP contribution >= 0.6 is 27.5 Å². The second-order valence-electron chi connectivity index (χ2n) is 5.03. The Hall–Kier alpha value is -0.580. The van der Waals surface area contributed by atoms with E-state index in [9.17, 15) is 4.79 Å². The normalized spacial score (nSPS) is 23.7. The smallest absolute Gasteiger partial charge is 0.229 e. The van der Waals surface area contributed by atoms with Crippen molar-refractivity contribution in [3.63, 3.8) is 0 Å². The quantitative estimate of drug-likeness (QED) is 0.797. The van der Waals surface area contributed by atoms with E-state index in [2.05, 4.69) is 21.2 Å². The number of anilines is 1. The van der Waals surface area contributed by atoms with Gasteiger partial charge in [-0.25, -0.2) is 0 Å². The lowest BCUT2D eigenvalue weighted by atomic mass is 9.94. The highest BCUT2D eigenvalue weighted by Crippen LogP contribution is 2.27. The Morgan fingerprint density at radius 2 is 2.05 bits per heavy atom. The molecule has 5 heteroatoms. The Balaban J connectivity index is 2.04. The molecule has 0 aliphatic heterocycles. The molecule has 2 unspecified atom stereocenters. The number of hydrogen-bond donors (Lipinski definition) is 2. The van der Waals surface area contributed by atoms with Crippen molar-refractivity contribution in [1.82, 2.24) is 0 Å². The number of amides is 1. The molecule has 0 radical (unpaired) electrons. The van der Waals surface area contributed by atoms with E-state index in [1.54, 1.807) is 12.1 Å². The molecule has 0 spiro atoms. The second-order valence-corrected chi connectivity index (χ2v) is 6.29. The van der Waals surface area contributed by atoms with Crippen molar-refractivity contribution in [3.05, 3.63) is 27.7 Å². The lowest BCUT2D eigenvalue weighted by molar-refractivity contribution is -0.120. The van der Waals surface area contributed by atoms with Crippen molar-refractivity contribution in [2.45, 2.75) is 38.1 Å². The number of carbonyl (C=O) groups excluding carboxylic acids is 1. The van der Waals surface area contributed by atoms with Crippen LogP contribution in [0.25, 0.3) is 0 Å². The Morgan fingerprint density at radius 1 is 1.32 bits per heavy atom. The molecule has 1 saturated carbocycles. The van der Waals surface area contributed by atoms with Crippen LogP contribution in [0.5, 0.6) is 0 Å². The van der Waals surface area contributed by atoms with E-state index in [4.69, 9.17) is 17.3 Å². The summed E-state index contributed by atoms with van der Waals surface area (Å²) in [5.41, 5.74) is 6.84. The van der Waals surface area contributed by atoms with E-state index < -0.39 is 0 Å². The number of rotatable bonds is 2. The summed E-state index contributed by atoms with van der Waals surface area (Å²) in [5.74, 6) is -0.0689. The third-order valence-corrected chi connectivity index (χ3v) is 4.81. The summed E-state index contributed by atoms with van der Waals surface area (Å²) >= 11 is 9.28. The molecule has 1 aliphatic carbocycles. The number of benzene rings is 1. The Kier molecular flexibility index (Phi) is 5.25. The zero-order valence-electron chi connectivity index (χ0n) is 10.7. The van der Waals surface area contributed by atoms with Crippen LogP contribution in [-0.4, -0.2) is 11.9 Å². The predicted molar refractivity (Wildman–Crippen MR) is 82.3 cm³/mol. The van der Waals surface area contributed by atoms with Gasteiger partial charge in [0, 0.05) is 16.2 Å². The van der Waals surface area contributed by atoms with Gasteiger partial charge in [0.15, 0.2) is 0 Å². The molecule has 1 aromatic rings. The first kappa shape index (κ1) is 14.8. The van der Waals surface area contributed by atoms with E-state index in [1.165, 1.54) is 6.42 Å². The number of carbonyl (C=O) groups is 1. The highest BCUT2D eigenvalue weighted by Gasteiger charge is 2.27. The van der Waals surface area contributed by atoms with Crippen molar-refractivity contribution in [3.8, 4) is 0 Å². The molecule has 0 heterocycles. The molecule has 1 aromatic carbocycles. The van der Waals surface area contributed by atoms with Gasteiger partial charge in [0.25, 0.3) is 0 Å². The SMILES string of the molecule is NC1CCCCCC1C(=O)Nc1ccc(Cl)c(Br)c1. The molecule has 2 rings (SSSR count). The average molecular weight is 346 g/mol. The number of nitrogens with two attached hydrogens (primary N) is 1. The molecule has 0 bridgehead atoms. The minimum atomic E-state index is -0.0862. The second kappa shape index (κ2) is 6.73. The Labute approximate surface area is 127 Å². The van der Waals surface area contributed by atoms with Crippen molar-refractivity contribution >= 4 is 39.1 Å². The highest BCUT2D eigenvalue weighted by molar-refractivity contribution is 9.10. The van der Waals surface area contributed by atoms with Crippen LogP contribution in [0.15, 0.2) is 22.7 Å². The molecule has 0 aromatic heterocycles. The van der Waals surface area contributed by atoms with Crippen LogP contribution in [0.1, 0.15) is 32.1 Å². The molecule has 1 aliphatic rings. The van der Waals surface area contributed by atoms with Crippen LogP contribution in [0.4, 0.5) is 5.69 Å². The van der Waals surface area contributed by atoms with Crippen molar-refractivity contribution in [1.29, 1.82) is 0 Å². The largest absolute Gasteiger partial charge is 0.327 e. The first-order chi connectivity index (χ1) is 9.08. The molecule has 19 heavy (non-hydrogen) atoms. The summed E-state index contributed by atoms with van der Waals surface area (Å²) in [5, 5.41) is 3.56. The van der Waals surface area contributed by atoms with E-state index in [0.29, 0.717) is 5.02 Å². The van der Waals surface area contributed by atoms with E-state index in [0.717, 1.165) is 35.8 Å². The van der Waals surface area contributed by atoms with Gasteiger partial charge in [0.05, 0.1) is 10.9 Å². The van der Waals surface area contributed by atoms with Gasteiger partial charge in [-0.05, 0) is 47.0 Å². The molecule has 3 nitrogen and oxygen atoms in total. The van der Waals surface area contributed by atoms with E-state index >= 15 is 0 Å². The maximum Gasteiger partial charge on any atom is 0.229 e. The fourth-order valence-corrected chi connectivity index (χ4v) is 2.97. The van der Waals surface area contributed by atoms with Crippen LogP contribution in [0, 0.1) is 5.92 Å². The summed E-state index contributed by atoms with van der Waals surface area (Å²) < 4.78 is 0.775. The van der Waals surface area contributed by atoms with Gasteiger partial charge in [-0.15, -0.1) is 0 Å². The number of hydrogen-bond acceptors (Lipinski definition) is 2. The molecular formula is C14H18BrClN2O. The molecule has 0 saturated heterocycles. The lowest BCUT2D eigenvalue weighted by Gasteiger charge is -2.20. The summed E-state index contributed by atoms with van der Waals surface area (Å²) in [6, 6.07) is 5.34. The first-order valence-corrected chi connectivity index (χ1v) is 7.76. The van der Waals surface area contributed by atoms with Gasteiger partial charge in [-0.2, -0.15) is 0 Å². The van der Waals surface area contributed by atoms with Crippen molar-refractivity contribution < 1.29 is 4.79 Å². The third-order valence-electron chi connectivity index (χ3n) is 3.59. The van der Waals surface area contributed by atoms with E-state index in [-0.39, 0.29) is 17.9 Å². The zero-order chi connectivity index (χ0) is 13.8. The van der Waals surface area contributed by atoms with Gasteiger partial charge >= 0.3 is 0 Å². The molecule has 1 amide bonds. The molecule has 2 atom stereocenters. The zero-order valence-corrected chi connectivity index (χ0v) is 13.0. The van der Waals surface area contributed by atoms with Crippen molar-refractivity contribution in [2.75, 3.05) is 5.32 Å². The average Bonchev–Trinajstić information content (AvgIpc) is 2.58. The van der Waals surface area contributed by atoms with Crippen LogP contribution in [0.2, 0.25) is 5.02 Å². The number of halogens is 2. The standard InChI is InChI=1S/C14H18BrClN2O/c15-11-8-9(6-7-12(11)16)18-14(19)10-4-2-1-3-5-13(10)17/h6-8,10,13H,1-5,17H2,(H,18,19). The minimum absolute atomic E-state index is 0.0172. The Bertz CT molecular complexity index is 467. The van der Waals surface area contributed by atoms with E-state index in [1.807, 2.05) is 6.07 Å². The number of nitrogens with one attached hydrogen (secondary N) is 1. The van der Waals surface area contributed by atoms with Gasteiger partial charge in [0.1, 0.15) is 0 Å². The summed E-state index contributed by atoms with van der Waals surface area (Å²) in [6.07, 6.45) is 5.18. The minimum Gasteiger partial charge on any atom is -0.327 e. The predicted octanol–water partition coefficient (Wildman–Crippen LogP) is 3.95. The van der Waals surface area contributed by atoms with Crippen LogP contribution in [0.3, 0.4) is 0 Å². The van der Waals surface area contributed by atoms with Gasteiger partial charge in [-0.1, -0.05) is 30.9 Å². The highest BCUT2D eigenvalue weighted by atomic mass is 79.9. The molecule has 104 valence electrons. The summed E-state index contributed by atoms with van der Waals surface area (Å²) in [6.45, 7) is 0. The molecule has 1 fully saturated rings. The first-order valence-electron chi connectivity index (χ1n) is 6.59. The summed E-state index contributed by atoms with van der Waals surface area (Å²) in [7, 11) is 0. The van der Waals surface area contributed by atoms with Gasteiger partial charge in [-0.3, -0.25) is 4.79 Å². The maximum absolute atomic E-state index is 12.3. The topological polar surface area (TPSA) is 55.1 Å². The van der Waals surface area contributed by atoms with Crippen LogP contribution in [-0.2, 0) is 4.79 Å². The maximum atomic E-state index is 12.3. The lowest BCUT2D eigenvalue weighted by Crippen LogP contribution is -2.37. The fourth-order valence-electron chi connectivity index (χ4n) is 2.47. The fraction of sp³-hybridized carbons (Fsp3) is 0.500. The monoisotopic (exact) mass is 344 g/mol.